The van der Waals surface area contributed by atoms with E-state index in [0.717, 1.165) is 12.0 Å². The van der Waals surface area contributed by atoms with Gasteiger partial charge in [0, 0.05) is 12.8 Å². The maximum absolute atomic E-state index is 12.0. The molecule has 8 heteroatoms. The molecule has 0 aliphatic carbocycles. The van der Waals surface area contributed by atoms with Gasteiger partial charge < -0.3 is 0 Å². The van der Waals surface area contributed by atoms with E-state index in [9.17, 15) is 21.6 Å². The molecule has 1 rings (SSSR count). The summed E-state index contributed by atoms with van der Waals surface area (Å²) < 4.78 is 45.7. The molecule has 1 aromatic rings. The van der Waals surface area contributed by atoms with E-state index in [4.69, 9.17) is 5.14 Å². The minimum atomic E-state index is -3.68. The molecular weight excluding hydrogens is 386 g/mol. The van der Waals surface area contributed by atoms with Gasteiger partial charge in [-0.3, -0.25) is 4.79 Å². The highest BCUT2D eigenvalue weighted by Gasteiger charge is 2.27. The molecule has 0 saturated heterocycles. The number of hydrogen-bond donors (Lipinski definition) is 1. The summed E-state index contributed by atoms with van der Waals surface area (Å²) in [5, 5.41) is 5.05. The van der Waals surface area contributed by atoms with Gasteiger partial charge in [-0.05, 0) is 64.2 Å². The maximum atomic E-state index is 12.0. The highest BCUT2D eigenvalue weighted by atomic mass is 32.2. The van der Waals surface area contributed by atoms with Gasteiger partial charge in [-0.25, -0.2) is 22.0 Å². The Labute approximate surface area is 163 Å². The molecule has 154 valence electrons. The second-order valence-electron chi connectivity index (χ2n) is 7.82. The van der Waals surface area contributed by atoms with Crippen LogP contribution in [-0.4, -0.2) is 33.1 Å². The number of ketones is 1. The summed E-state index contributed by atoms with van der Waals surface area (Å²) in [4.78, 5) is 12.0. The lowest BCUT2D eigenvalue weighted by molar-refractivity contribution is -0.119. The van der Waals surface area contributed by atoms with Crippen molar-refractivity contribution in [1.82, 2.24) is 0 Å². The zero-order valence-corrected chi connectivity index (χ0v) is 18.0. The Morgan fingerprint density at radius 2 is 1.44 bits per heavy atom. The molecule has 0 unspecified atom stereocenters. The van der Waals surface area contributed by atoms with Crippen LogP contribution in [0, 0.1) is 0 Å². The van der Waals surface area contributed by atoms with Crippen LogP contribution < -0.4 is 5.14 Å². The molecular formula is C19H31NO5S2. The lowest BCUT2D eigenvalue weighted by Crippen LogP contribution is -2.30. The predicted octanol–water partition coefficient (Wildman–Crippen LogP) is 3.00. The van der Waals surface area contributed by atoms with Gasteiger partial charge in [0.15, 0.2) is 9.84 Å². The predicted molar refractivity (Wildman–Crippen MR) is 108 cm³/mol. The van der Waals surface area contributed by atoms with Crippen LogP contribution in [0.1, 0.15) is 64.9 Å². The molecule has 0 amide bonds. The standard InChI is InChI=1S/C19H31NO5S2/c1-19(2,3)26(22,23)15-6-4-5-9-17(21)10-7-8-16-11-13-18(14-12-16)27(20,24)25/h11-14H,4-10,15H2,1-3H3,(H2,20,24,25). The Bertz CT molecular complexity index is 820. The third-order valence-corrected chi connectivity index (χ3v) is 8.10. The molecule has 2 N–H and O–H groups in total. The molecule has 0 radical (unpaired) electrons. The molecule has 0 saturated carbocycles. The Morgan fingerprint density at radius 1 is 0.889 bits per heavy atom. The smallest absolute Gasteiger partial charge is 0.238 e. The Balaban J connectivity index is 2.23. The van der Waals surface area contributed by atoms with Crippen LogP contribution in [0.4, 0.5) is 0 Å². The summed E-state index contributed by atoms with van der Waals surface area (Å²) in [6.45, 7) is 5.11. The fourth-order valence-corrected chi connectivity index (χ4v) is 4.27. The van der Waals surface area contributed by atoms with Crippen molar-refractivity contribution in [1.29, 1.82) is 0 Å². The van der Waals surface area contributed by atoms with Crippen molar-refractivity contribution in [3.63, 3.8) is 0 Å². The second-order valence-corrected chi connectivity index (χ2v) is 12.2. The second kappa shape index (κ2) is 9.80. The SMILES string of the molecule is CC(C)(C)S(=O)(=O)CCCCCC(=O)CCCc1ccc(S(N)(=O)=O)cc1. The number of unbranched alkanes of at least 4 members (excludes halogenated alkanes) is 2. The third-order valence-electron chi connectivity index (χ3n) is 4.47. The van der Waals surface area contributed by atoms with Gasteiger partial charge >= 0.3 is 0 Å². The minimum absolute atomic E-state index is 0.0794. The topological polar surface area (TPSA) is 111 Å². The number of hydrogen-bond acceptors (Lipinski definition) is 5. The average Bonchev–Trinajstić information content (AvgIpc) is 2.53. The minimum Gasteiger partial charge on any atom is -0.300 e. The fraction of sp³-hybridized carbons (Fsp3) is 0.632. The van der Waals surface area contributed by atoms with Crippen LogP contribution in [0.25, 0.3) is 0 Å². The lowest BCUT2D eigenvalue weighted by Gasteiger charge is -2.18. The number of carbonyl (C=O) groups excluding carboxylic acids is 1. The first kappa shape index (κ1) is 23.8. The molecule has 0 spiro atoms. The molecule has 0 atom stereocenters. The van der Waals surface area contributed by atoms with Crippen LogP contribution in [0.2, 0.25) is 0 Å². The number of carbonyl (C=O) groups is 1. The van der Waals surface area contributed by atoms with Crippen LogP contribution in [0.15, 0.2) is 29.2 Å². The van der Waals surface area contributed by atoms with E-state index in [1.54, 1.807) is 32.9 Å². The monoisotopic (exact) mass is 417 g/mol. The third kappa shape index (κ3) is 8.53. The highest BCUT2D eigenvalue weighted by molar-refractivity contribution is 7.92. The van der Waals surface area contributed by atoms with Crippen LogP contribution in [0.3, 0.4) is 0 Å². The van der Waals surface area contributed by atoms with Gasteiger partial charge in [0.2, 0.25) is 10.0 Å². The van der Waals surface area contributed by atoms with Gasteiger partial charge in [-0.15, -0.1) is 0 Å². The zero-order valence-electron chi connectivity index (χ0n) is 16.4. The summed E-state index contributed by atoms with van der Waals surface area (Å²) in [5.74, 6) is 0.342. The zero-order chi connectivity index (χ0) is 20.7. The molecule has 0 bridgehead atoms. The summed E-state index contributed by atoms with van der Waals surface area (Å²) in [7, 11) is -6.76. The lowest BCUT2D eigenvalue weighted by atomic mass is 10.0. The molecule has 1 aromatic carbocycles. The number of nitrogens with two attached hydrogens (primary N) is 1. The molecule has 0 aliphatic rings. The van der Waals surface area contributed by atoms with E-state index in [-0.39, 0.29) is 16.4 Å². The number of rotatable bonds is 11. The number of sulfone groups is 1. The van der Waals surface area contributed by atoms with Crippen LogP contribution >= 0.6 is 0 Å². The molecule has 0 aromatic heterocycles. The molecule has 6 nitrogen and oxygen atoms in total. The molecule has 0 aliphatic heterocycles. The van der Waals surface area contributed by atoms with Gasteiger partial charge in [0.25, 0.3) is 0 Å². The van der Waals surface area contributed by atoms with E-state index in [1.807, 2.05) is 0 Å². The van der Waals surface area contributed by atoms with Crippen molar-refractivity contribution in [2.24, 2.45) is 5.14 Å². The number of benzene rings is 1. The van der Waals surface area contributed by atoms with E-state index in [0.29, 0.717) is 38.5 Å². The Morgan fingerprint density at radius 3 is 1.96 bits per heavy atom. The van der Waals surface area contributed by atoms with Crippen molar-refractivity contribution in [3.05, 3.63) is 29.8 Å². The number of aryl methyl sites for hydroxylation is 1. The van der Waals surface area contributed by atoms with Crippen molar-refractivity contribution in [2.75, 3.05) is 5.75 Å². The largest absolute Gasteiger partial charge is 0.300 e. The van der Waals surface area contributed by atoms with E-state index in [1.165, 1.54) is 12.1 Å². The van der Waals surface area contributed by atoms with Crippen LogP contribution in [-0.2, 0) is 31.1 Å². The summed E-state index contributed by atoms with van der Waals surface area (Å²) in [5.41, 5.74) is 0.961. The average molecular weight is 418 g/mol. The fourth-order valence-electron chi connectivity index (χ4n) is 2.56. The highest BCUT2D eigenvalue weighted by Crippen LogP contribution is 2.18. The van der Waals surface area contributed by atoms with Crippen molar-refractivity contribution < 1.29 is 21.6 Å². The maximum Gasteiger partial charge on any atom is 0.238 e. The van der Waals surface area contributed by atoms with Crippen LogP contribution in [0.5, 0.6) is 0 Å². The first-order chi connectivity index (χ1) is 12.3. The quantitative estimate of drug-likeness (QED) is 0.556. The summed E-state index contributed by atoms with van der Waals surface area (Å²) in [6, 6.07) is 6.36. The van der Waals surface area contributed by atoms with Gasteiger partial charge in [-0.2, -0.15) is 0 Å². The van der Waals surface area contributed by atoms with E-state index in [2.05, 4.69) is 0 Å². The van der Waals surface area contributed by atoms with Crippen molar-refractivity contribution in [3.8, 4) is 0 Å². The van der Waals surface area contributed by atoms with E-state index >= 15 is 0 Å². The van der Waals surface area contributed by atoms with Crippen molar-refractivity contribution >= 4 is 25.6 Å². The number of Topliss-reactive ketones (excluding diaryl/α,β-unsaturated/α-hetero) is 1. The molecule has 27 heavy (non-hydrogen) atoms. The number of primary sulfonamides is 1. The van der Waals surface area contributed by atoms with Crippen molar-refractivity contribution in [2.45, 2.75) is 75.4 Å². The summed E-state index contributed by atoms with van der Waals surface area (Å²) in [6.07, 6.45) is 4.37. The Hall–Kier alpha value is -1.25. The Kier molecular flexibility index (Phi) is 8.63. The van der Waals surface area contributed by atoms with Gasteiger partial charge in [0.1, 0.15) is 5.78 Å². The van der Waals surface area contributed by atoms with E-state index < -0.39 is 24.6 Å². The first-order valence-corrected chi connectivity index (χ1v) is 12.4. The normalized spacial score (nSPS) is 12.9. The van der Waals surface area contributed by atoms with Gasteiger partial charge in [-0.1, -0.05) is 18.6 Å². The first-order valence-electron chi connectivity index (χ1n) is 9.19. The molecule has 0 heterocycles. The van der Waals surface area contributed by atoms with Gasteiger partial charge in [0.05, 0.1) is 15.4 Å². The summed E-state index contributed by atoms with van der Waals surface area (Å²) >= 11 is 0. The number of sulfonamides is 1. The molecule has 0 fully saturated rings.